The molecule has 1 aromatic heterocycles. The second-order valence-electron chi connectivity index (χ2n) is 4.87. The molecule has 0 radical (unpaired) electrons. The van der Waals surface area contributed by atoms with Crippen molar-refractivity contribution in [3.63, 3.8) is 0 Å². The van der Waals surface area contributed by atoms with Crippen molar-refractivity contribution in [1.29, 1.82) is 0 Å². The first-order chi connectivity index (χ1) is 9.29. The number of hydrogen-bond donors (Lipinski definition) is 1. The first-order valence-corrected chi connectivity index (χ1v) is 8.63. The highest BCUT2D eigenvalue weighted by atomic mass is 127. The van der Waals surface area contributed by atoms with Crippen LogP contribution >= 0.6 is 22.6 Å². The van der Waals surface area contributed by atoms with Crippen LogP contribution in [0.5, 0.6) is 0 Å². The second-order valence-corrected chi connectivity index (χ2v) is 7.57. The SMILES string of the molecule is CC(C)Cn1c(-c2cccc(I)c2)nnc1S(N)(=O)=O. The molecule has 0 saturated heterocycles. The molecule has 6 nitrogen and oxygen atoms in total. The van der Waals surface area contributed by atoms with E-state index in [1.54, 1.807) is 4.57 Å². The highest BCUT2D eigenvalue weighted by Crippen LogP contribution is 2.23. The number of nitrogens with zero attached hydrogens (tertiary/aromatic N) is 3. The third-order valence-corrected chi connectivity index (χ3v) is 4.08. The van der Waals surface area contributed by atoms with Gasteiger partial charge in [0.1, 0.15) is 0 Å². The lowest BCUT2D eigenvalue weighted by molar-refractivity contribution is 0.486. The molecule has 20 heavy (non-hydrogen) atoms. The summed E-state index contributed by atoms with van der Waals surface area (Å²) in [6.45, 7) is 4.47. The summed E-state index contributed by atoms with van der Waals surface area (Å²) < 4.78 is 25.8. The van der Waals surface area contributed by atoms with Crippen LogP contribution in [0.25, 0.3) is 11.4 Å². The van der Waals surface area contributed by atoms with Crippen molar-refractivity contribution in [2.24, 2.45) is 11.1 Å². The van der Waals surface area contributed by atoms with Crippen LogP contribution in [0.3, 0.4) is 0 Å². The minimum atomic E-state index is -3.89. The number of aromatic nitrogens is 3. The molecule has 108 valence electrons. The van der Waals surface area contributed by atoms with Gasteiger partial charge in [-0.3, -0.25) is 4.57 Å². The minimum absolute atomic E-state index is 0.194. The second kappa shape index (κ2) is 5.78. The minimum Gasteiger partial charge on any atom is -0.296 e. The van der Waals surface area contributed by atoms with E-state index in [4.69, 9.17) is 5.14 Å². The van der Waals surface area contributed by atoms with Crippen molar-refractivity contribution in [2.45, 2.75) is 25.5 Å². The zero-order valence-corrected chi connectivity index (χ0v) is 14.1. The van der Waals surface area contributed by atoms with Crippen LogP contribution in [0.2, 0.25) is 0 Å². The Kier molecular flexibility index (Phi) is 4.45. The zero-order valence-electron chi connectivity index (χ0n) is 11.1. The van der Waals surface area contributed by atoms with E-state index >= 15 is 0 Å². The van der Waals surface area contributed by atoms with Crippen molar-refractivity contribution < 1.29 is 8.42 Å². The fraction of sp³-hybridized carbons (Fsp3) is 0.333. The summed E-state index contributed by atoms with van der Waals surface area (Å²) in [5.74, 6) is 0.759. The lowest BCUT2D eigenvalue weighted by Gasteiger charge is -2.11. The smallest absolute Gasteiger partial charge is 0.273 e. The molecule has 1 heterocycles. The lowest BCUT2D eigenvalue weighted by atomic mass is 10.2. The van der Waals surface area contributed by atoms with Gasteiger partial charge in [0.25, 0.3) is 15.2 Å². The summed E-state index contributed by atoms with van der Waals surface area (Å²) in [6, 6.07) is 7.64. The molecule has 0 aliphatic rings. The normalized spacial score (nSPS) is 12.1. The molecule has 0 aliphatic carbocycles. The Labute approximate surface area is 131 Å². The molecule has 1 aromatic carbocycles. The first-order valence-electron chi connectivity index (χ1n) is 6.01. The predicted octanol–water partition coefficient (Wildman–Crippen LogP) is 1.85. The number of benzene rings is 1. The Balaban J connectivity index is 2.62. The van der Waals surface area contributed by atoms with Crippen LogP contribution in [-0.4, -0.2) is 23.2 Å². The Morgan fingerprint density at radius 3 is 2.60 bits per heavy atom. The molecule has 0 amide bonds. The average molecular weight is 406 g/mol. The number of sulfonamides is 1. The fourth-order valence-corrected chi connectivity index (χ4v) is 3.04. The Morgan fingerprint density at radius 1 is 1.35 bits per heavy atom. The van der Waals surface area contributed by atoms with Gasteiger partial charge in [0.2, 0.25) is 0 Å². The van der Waals surface area contributed by atoms with Gasteiger partial charge in [-0.2, -0.15) is 0 Å². The Morgan fingerprint density at radius 2 is 2.05 bits per heavy atom. The number of primary sulfonamides is 1. The van der Waals surface area contributed by atoms with Crippen LogP contribution in [0, 0.1) is 9.49 Å². The van der Waals surface area contributed by atoms with Crippen molar-refractivity contribution >= 4 is 32.6 Å². The topological polar surface area (TPSA) is 90.9 Å². The quantitative estimate of drug-likeness (QED) is 0.785. The van der Waals surface area contributed by atoms with E-state index in [9.17, 15) is 8.42 Å². The van der Waals surface area contributed by atoms with E-state index in [1.807, 2.05) is 38.1 Å². The molecule has 0 aliphatic heterocycles. The third kappa shape index (κ3) is 3.36. The summed E-state index contributed by atoms with van der Waals surface area (Å²) in [5.41, 5.74) is 0.819. The molecule has 0 fully saturated rings. The predicted molar refractivity (Wildman–Crippen MR) is 84.4 cm³/mol. The lowest BCUT2D eigenvalue weighted by Crippen LogP contribution is -2.20. The largest absolute Gasteiger partial charge is 0.296 e. The molecule has 2 aromatic rings. The van der Waals surface area contributed by atoms with Crippen molar-refractivity contribution in [1.82, 2.24) is 14.8 Å². The fourth-order valence-electron chi connectivity index (χ4n) is 1.87. The molecule has 0 unspecified atom stereocenters. The van der Waals surface area contributed by atoms with Gasteiger partial charge in [-0.1, -0.05) is 26.0 Å². The standard InChI is InChI=1S/C12H15IN4O2S/c1-8(2)7-17-11(9-4-3-5-10(13)6-9)15-16-12(17)20(14,18)19/h3-6,8H,7H2,1-2H3,(H2,14,18,19). The maximum absolute atomic E-state index is 11.6. The first kappa shape index (κ1) is 15.4. The van der Waals surface area contributed by atoms with Crippen LogP contribution in [-0.2, 0) is 16.6 Å². The molecular formula is C12H15IN4O2S. The van der Waals surface area contributed by atoms with Crippen molar-refractivity contribution in [3.8, 4) is 11.4 Å². The Hall–Kier alpha value is -1.00. The average Bonchev–Trinajstić information content (AvgIpc) is 2.71. The van der Waals surface area contributed by atoms with Crippen LogP contribution in [0.4, 0.5) is 0 Å². The summed E-state index contributed by atoms with van der Waals surface area (Å²) in [4.78, 5) is 0. The van der Waals surface area contributed by atoms with Gasteiger partial charge in [-0.05, 0) is 40.6 Å². The van der Waals surface area contributed by atoms with E-state index in [-0.39, 0.29) is 11.1 Å². The highest BCUT2D eigenvalue weighted by molar-refractivity contribution is 14.1. The summed E-state index contributed by atoms with van der Waals surface area (Å²) in [6.07, 6.45) is 0. The van der Waals surface area contributed by atoms with Gasteiger partial charge in [-0.25, -0.2) is 13.6 Å². The van der Waals surface area contributed by atoms with E-state index in [0.717, 1.165) is 9.13 Å². The van der Waals surface area contributed by atoms with Crippen LogP contribution in [0.1, 0.15) is 13.8 Å². The number of nitrogens with two attached hydrogens (primary N) is 1. The molecule has 0 saturated carbocycles. The van der Waals surface area contributed by atoms with E-state index in [1.165, 1.54) is 0 Å². The molecule has 2 N–H and O–H groups in total. The zero-order chi connectivity index (χ0) is 14.9. The third-order valence-electron chi connectivity index (χ3n) is 2.60. The number of rotatable bonds is 4. The molecule has 0 spiro atoms. The van der Waals surface area contributed by atoms with Gasteiger partial charge in [-0.15, -0.1) is 10.2 Å². The maximum atomic E-state index is 11.6. The highest BCUT2D eigenvalue weighted by Gasteiger charge is 2.22. The molecule has 0 atom stereocenters. The summed E-state index contributed by atoms with van der Waals surface area (Å²) >= 11 is 2.19. The van der Waals surface area contributed by atoms with E-state index < -0.39 is 10.0 Å². The van der Waals surface area contributed by atoms with Gasteiger partial charge in [0.05, 0.1) is 0 Å². The van der Waals surface area contributed by atoms with Gasteiger partial charge >= 0.3 is 0 Å². The van der Waals surface area contributed by atoms with Gasteiger partial charge < -0.3 is 0 Å². The number of halogens is 1. The van der Waals surface area contributed by atoms with Gasteiger partial charge in [0, 0.05) is 15.7 Å². The molecule has 0 bridgehead atoms. The van der Waals surface area contributed by atoms with Crippen LogP contribution in [0.15, 0.2) is 29.4 Å². The Bertz CT molecular complexity index is 725. The monoisotopic (exact) mass is 406 g/mol. The molecule has 8 heteroatoms. The molecular weight excluding hydrogens is 391 g/mol. The summed E-state index contributed by atoms with van der Waals surface area (Å²) in [7, 11) is -3.89. The number of hydrogen-bond acceptors (Lipinski definition) is 4. The van der Waals surface area contributed by atoms with Crippen LogP contribution < -0.4 is 5.14 Å². The molecule has 2 rings (SSSR count). The van der Waals surface area contributed by atoms with Crippen molar-refractivity contribution in [2.75, 3.05) is 0 Å². The van der Waals surface area contributed by atoms with Gasteiger partial charge in [0.15, 0.2) is 5.82 Å². The maximum Gasteiger partial charge on any atom is 0.273 e. The van der Waals surface area contributed by atoms with E-state index in [0.29, 0.717) is 12.4 Å². The van der Waals surface area contributed by atoms with E-state index in [2.05, 4.69) is 32.8 Å². The summed E-state index contributed by atoms with van der Waals surface area (Å²) in [5, 5.41) is 12.7. The van der Waals surface area contributed by atoms with Crippen molar-refractivity contribution in [3.05, 3.63) is 27.8 Å².